The summed E-state index contributed by atoms with van der Waals surface area (Å²) < 4.78 is 1.37. The summed E-state index contributed by atoms with van der Waals surface area (Å²) in [5.41, 5.74) is 1.41. The highest BCUT2D eigenvalue weighted by molar-refractivity contribution is 7.17. The number of hydrogen-bond acceptors (Lipinski definition) is 2. The maximum Gasteiger partial charge on any atom is 0.0346 e. The Hall–Kier alpha value is -0.860. The quantitative estimate of drug-likeness (QED) is 0.768. The highest BCUT2D eigenvalue weighted by Gasteiger charge is 2.08. The zero-order valence-corrected chi connectivity index (χ0v) is 8.69. The van der Waals surface area contributed by atoms with E-state index >= 15 is 0 Å². The van der Waals surface area contributed by atoms with Crippen molar-refractivity contribution in [3.05, 3.63) is 35.2 Å². The monoisotopic (exact) mass is 191 g/mol. The first kappa shape index (κ1) is 8.73. The van der Waals surface area contributed by atoms with Crippen LogP contribution >= 0.6 is 11.3 Å². The van der Waals surface area contributed by atoms with Crippen molar-refractivity contribution in [1.29, 1.82) is 0 Å². The largest absolute Gasteiger partial charge is 0.313 e. The fraction of sp³-hybridized carbons (Fsp3) is 0.273. The SMILES string of the molecule is CN[C@@H](C)c1csc2ccccc12. The molecule has 0 amide bonds. The van der Waals surface area contributed by atoms with Gasteiger partial charge in [-0.25, -0.2) is 0 Å². The molecule has 1 nitrogen and oxygen atoms in total. The maximum absolute atomic E-state index is 3.27. The van der Waals surface area contributed by atoms with Gasteiger partial charge in [-0.05, 0) is 36.4 Å². The van der Waals surface area contributed by atoms with Gasteiger partial charge in [-0.1, -0.05) is 18.2 Å². The third kappa shape index (κ3) is 1.47. The lowest BCUT2D eigenvalue weighted by Gasteiger charge is -2.08. The number of fused-ring (bicyclic) bond motifs is 1. The van der Waals surface area contributed by atoms with Crippen molar-refractivity contribution in [2.45, 2.75) is 13.0 Å². The Balaban J connectivity index is 2.57. The van der Waals surface area contributed by atoms with E-state index in [0.29, 0.717) is 6.04 Å². The van der Waals surface area contributed by atoms with Crippen molar-refractivity contribution in [1.82, 2.24) is 5.32 Å². The Bertz CT molecular complexity index is 405. The molecule has 0 aliphatic heterocycles. The third-order valence-electron chi connectivity index (χ3n) is 2.41. The molecule has 2 rings (SSSR count). The van der Waals surface area contributed by atoms with E-state index in [1.165, 1.54) is 15.6 Å². The van der Waals surface area contributed by atoms with Gasteiger partial charge in [0, 0.05) is 10.7 Å². The first-order valence-electron chi connectivity index (χ1n) is 4.46. The second-order valence-electron chi connectivity index (χ2n) is 3.20. The molecule has 0 spiro atoms. The highest BCUT2D eigenvalue weighted by Crippen LogP contribution is 2.29. The summed E-state index contributed by atoms with van der Waals surface area (Å²) in [7, 11) is 2.00. The Morgan fingerprint density at radius 1 is 1.31 bits per heavy atom. The van der Waals surface area contributed by atoms with E-state index in [1.807, 2.05) is 18.4 Å². The Morgan fingerprint density at radius 3 is 2.85 bits per heavy atom. The first-order chi connectivity index (χ1) is 6.33. The van der Waals surface area contributed by atoms with Crippen molar-refractivity contribution in [3.63, 3.8) is 0 Å². The van der Waals surface area contributed by atoms with Crippen molar-refractivity contribution in [3.8, 4) is 0 Å². The molecule has 1 aromatic heterocycles. The van der Waals surface area contributed by atoms with E-state index < -0.39 is 0 Å². The van der Waals surface area contributed by atoms with Gasteiger partial charge in [0.2, 0.25) is 0 Å². The molecule has 0 unspecified atom stereocenters. The minimum atomic E-state index is 0.441. The van der Waals surface area contributed by atoms with Crippen LogP contribution in [0, 0.1) is 0 Å². The summed E-state index contributed by atoms with van der Waals surface area (Å²) in [6.45, 7) is 2.19. The molecule has 0 aliphatic carbocycles. The van der Waals surface area contributed by atoms with E-state index in [-0.39, 0.29) is 0 Å². The highest BCUT2D eigenvalue weighted by atomic mass is 32.1. The van der Waals surface area contributed by atoms with Crippen LogP contribution in [0.5, 0.6) is 0 Å². The van der Waals surface area contributed by atoms with Crippen LogP contribution in [0.2, 0.25) is 0 Å². The summed E-state index contributed by atoms with van der Waals surface area (Å²) in [5.74, 6) is 0. The van der Waals surface area contributed by atoms with Crippen LogP contribution in [0.3, 0.4) is 0 Å². The molecule has 1 heterocycles. The standard InChI is InChI=1S/C11H13NS/c1-8(12-2)10-7-13-11-6-4-3-5-9(10)11/h3-8,12H,1-2H3/t8-/m0/s1. The average Bonchev–Trinajstić information content (AvgIpc) is 2.60. The lowest BCUT2D eigenvalue weighted by atomic mass is 10.1. The molecule has 1 atom stereocenters. The van der Waals surface area contributed by atoms with Crippen LogP contribution in [0.25, 0.3) is 10.1 Å². The topological polar surface area (TPSA) is 12.0 Å². The van der Waals surface area contributed by atoms with E-state index in [9.17, 15) is 0 Å². The van der Waals surface area contributed by atoms with Crippen molar-refractivity contribution in [2.24, 2.45) is 0 Å². The molecule has 2 aromatic rings. The minimum absolute atomic E-state index is 0.441. The average molecular weight is 191 g/mol. The maximum atomic E-state index is 3.27. The van der Waals surface area contributed by atoms with Gasteiger partial charge in [0.15, 0.2) is 0 Å². The van der Waals surface area contributed by atoms with Crippen LogP contribution in [-0.2, 0) is 0 Å². The van der Waals surface area contributed by atoms with E-state index in [1.54, 1.807) is 0 Å². The van der Waals surface area contributed by atoms with Crippen molar-refractivity contribution < 1.29 is 0 Å². The van der Waals surface area contributed by atoms with Crippen LogP contribution in [0.15, 0.2) is 29.6 Å². The number of rotatable bonds is 2. The molecule has 0 aliphatic rings. The Kier molecular flexibility index (Phi) is 2.34. The van der Waals surface area contributed by atoms with Crippen LogP contribution in [-0.4, -0.2) is 7.05 Å². The molecular weight excluding hydrogens is 178 g/mol. The fourth-order valence-corrected chi connectivity index (χ4v) is 2.54. The van der Waals surface area contributed by atoms with Crippen LogP contribution < -0.4 is 5.32 Å². The number of nitrogens with one attached hydrogen (secondary N) is 1. The molecule has 0 bridgehead atoms. The van der Waals surface area contributed by atoms with E-state index in [0.717, 1.165) is 0 Å². The molecule has 1 aromatic carbocycles. The van der Waals surface area contributed by atoms with Crippen LogP contribution in [0.1, 0.15) is 18.5 Å². The van der Waals surface area contributed by atoms with Gasteiger partial charge in [0.1, 0.15) is 0 Å². The molecule has 13 heavy (non-hydrogen) atoms. The van der Waals surface area contributed by atoms with Crippen molar-refractivity contribution >= 4 is 21.4 Å². The molecule has 1 N–H and O–H groups in total. The van der Waals surface area contributed by atoms with Crippen LogP contribution in [0.4, 0.5) is 0 Å². The Morgan fingerprint density at radius 2 is 2.08 bits per heavy atom. The smallest absolute Gasteiger partial charge is 0.0346 e. The van der Waals surface area contributed by atoms with E-state index in [2.05, 4.69) is 41.9 Å². The number of benzene rings is 1. The fourth-order valence-electron chi connectivity index (χ4n) is 1.49. The van der Waals surface area contributed by atoms with Gasteiger partial charge in [0.05, 0.1) is 0 Å². The second-order valence-corrected chi connectivity index (χ2v) is 4.11. The molecule has 0 saturated carbocycles. The summed E-state index contributed by atoms with van der Waals surface area (Å²) in [4.78, 5) is 0. The lowest BCUT2D eigenvalue weighted by Crippen LogP contribution is -2.11. The zero-order valence-electron chi connectivity index (χ0n) is 7.87. The van der Waals surface area contributed by atoms with Gasteiger partial charge >= 0.3 is 0 Å². The second kappa shape index (κ2) is 3.48. The normalized spacial score (nSPS) is 13.4. The summed E-state index contributed by atoms with van der Waals surface area (Å²) in [6, 6.07) is 8.99. The van der Waals surface area contributed by atoms with Gasteiger partial charge in [0.25, 0.3) is 0 Å². The van der Waals surface area contributed by atoms with Gasteiger partial charge < -0.3 is 5.32 Å². The number of hydrogen-bond donors (Lipinski definition) is 1. The molecule has 0 fully saturated rings. The predicted molar refractivity (Wildman–Crippen MR) is 59.3 cm³/mol. The summed E-state index contributed by atoms with van der Waals surface area (Å²) in [5, 5.41) is 6.89. The number of thiophene rings is 1. The summed E-state index contributed by atoms with van der Waals surface area (Å²) >= 11 is 1.82. The van der Waals surface area contributed by atoms with E-state index in [4.69, 9.17) is 0 Å². The molecule has 0 radical (unpaired) electrons. The molecule has 68 valence electrons. The van der Waals surface area contributed by atoms with Gasteiger partial charge in [-0.2, -0.15) is 0 Å². The molecule has 0 saturated heterocycles. The third-order valence-corrected chi connectivity index (χ3v) is 3.39. The van der Waals surface area contributed by atoms with Gasteiger partial charge in [-0.15, -0.1) is 11.3 Å². The minimum Gasteiger partial charge on any atom is -0.313 e. The predicted octanol–water partition coefficient (Wildman–Crippen LogP) is 3.18. The Labute approximate surface area is 82.4 Å². The zero-order chi connectivity index (χ0) is 9.26. The first-order valence-corrected chi connectivity index (χ1v) is 5.34. The lowest BCUT2D eigenvalue weighted by molar-refractivity contribution is 0.659. The molecule has 2 heteroatoms. The van der Waals surface area contributed by atoms with Gasteiger partial charge in [-0.3, -0.25) is 0 Å². The van der Waals surface area contributed by atoms with Crippen molar-refractivity contribution in [2.75, 3.05) is 7.05 Å². The summed E-state index contributed by atoms with van der Waals surface area (Å²) in [6.07, 6.45) is 0. The molecular formula is C11H13NS.